The fourth-order valence-corrected chi connectivity index (χ4v) is 2.86. The third-order valence-electron chi connectivity index (χ3n) is 3.86. The quantitative estimate of drug-likeness (QED) is 0.650. The van der Waals surface area contributed by atoms with Crippen molar-refractivity contribution >= 4 is 5.78 Å². The molecule has 0 amide bonds. The lowest BCUT2D eigenvalue weighted by atomic mass is 9.94. The Hall–Kier alpha value is -2.13. The Morgan fingerprint density at radius 1 is 1.04 bits per heavy atom. The number of ketones is 1. The van der Waals surface area contributed by atoms with Crippen LogP contribution in [-0.4, -0.2) is 19.5 Å². The number of ether oxygens (including phenoxy) is 2. The molecule has 0 aromatic heterocycles. The summed E-state index contributed by atoms with van der Waals surface area (Å²) >= 11 is 0. The molecule has 0 aliphatic carbocycles. The van der Waals surface area contributed by atoms with E-state index in [-0.39, 0.29) is 5.78 Å². The fraction of sp³-hybridized carbons (Fsp3) is 0.381. The molecule has 1 atom stereocenters. The zero-order chi connectivity index (χ0) is 17.5. The van der Waals surface area contributed by atoms with Crippen LogP contribution in [0, 0.1) is 5.92 Å². The third kappa shape index (κ3) is 4.24. The first-order valence-electron chi connectivity index (χ1n) is 8.45. The van der Waals surface area contributed by atoms with Gasteiger partial charge in [0.15, 0.2) is 5.78 Å². The van der Waals surface area contributed by atoms with Gasteiger partial charge in [-0.25, -0.2) is 0 Å². The van der Waals surface area contributed by atoms with Crippen LogP contribution >= 0.6 is 0 Å². The van der Waals surface area contributed by atoms with E-state index in [0.29, 0.717) is 23.8 Å². The summed E-state index contributed by atoms with van der Waals surface area (Å²) in [5.41, 5.74) is 2.51. The highest BCUT2D eigenvalue weighted by atomic mass is 16.5. The molecule has 0 aliphatic rings. The van der Waals surface area contributed by atoms with Gasteiger partial charge in [-0.15, -0.1) is 0 Å². The number of hydrogen-bond acceptors (Lipinski definition) is 3. The van der Waals surface area contributed by atoms with Crippen LogP contribution in [0.4, 0.5) is 0 Å². The van der Waals surface area contributed by atoms with Crippen LogP contribution in [0.15, 0.2) is 48.5 Å². The molecule has 1 unspecified atom stereocenters. The second kappa shape index (κ2) is 8.65. The van der Waals surface area contributed by atoms with Gasteiger partial charge in [-0.3, -0.25) is 4.79 Å². The average molecular weight is 326 g/mol. The highest BCUT2D eigenvalue weighted by molar-refractivity contribution is 6.02. The summed E-state index contributed by atoms with van der Waals surface area (Å²) in [7, 11) is 1.56. The van der Waals surface area contributed by atoms with E-state index in [1.807, 2.05) is 55.5 Å². The normalized spacial score (nSPS) is 12.2. The van der Waals surface area contributed by atoms with Crippen molar-refractivity contribution in [3.8, 4) is 5.75 Å². The second-order valence-electron chi connectivity index (χ2n) is 6.22. The smallest absolute Gasteiger partial charge is 0.199 e. The molecule has 2 rings (SSSR count). The van der Waals surface area contributed by atoms with E-state index in [1.54, 1.807) is 7.11 Å². The number of methoxy groups -OCH3 is 1. The molecule has 0 heterocycles. The topological polar surface area (TPSA) is 35.5 Å². The lowest BCUT2D eigenvalue weighted by molar-refractivity contribution is 0.0600. The van der Waals surface area contributed by atoms with Crippen LogP contribution in [-0.2, 0) is 11.2 Å². The molecule has 3 heteroatoms. The van der Waals surface area contributed by atoms with Gasteiger partial charge in [0.1, 0.15) is 11.9 Å². The van der Waals surface area contributed by atoms with Crippen LogP contribution in [0.1, 0.15) is 48.4 Å². The van der Waals surface area contributed by atoms with E-state index in [1.165, 1.54) is 0 Å². The van der Waals surface area contributed by atoms with Crippen LogP contribution < -0.4 is 4.74 Å². The maximum atomic E-state index is 13.1. The first-order valence-corrected chi connectivity index (χ1v) is 8.45. The van der Waals surface area contributed by atoms with E-state index in [4.69, 9.17) is 9.47 Å². The molecule has 0 saturated carbocycles. The number of carbonyl (C=O) groups excluding carboxylic acids is 1. The largest absolute Gasteiger partial charge is 0.493 e. The Morgan fingerprint density at radius 3 is 2.33 bits per heavy atom. The maximum absolute atomic E-state index is 13.1. The van der Waals surface area contributed by atoms with E-state index in [2.05, 4.69) is 13.8 Å². The standard InChI is InChI=1S/C21H26O3/c1-5-24-20-17(14-15(2)3)12-9-13-18(20)19(22)21(23-4)16-10-7-6-8-11-16/h6-13,15,21H,5,14H2,1-4H3. The Kier molecular flexibility index (Phi) is 6.56. The minimum absolute atomic E-state index is 0.0715. The van der Waals surface area contributed by atoms with E-state index < -0.39 is 6.10 Å². The second-order valence-corrected chi connectivity index (χ2v) is 6.22. The molecule has 0 bridgehead atoms. The summed E-state index contributed by atoms with van der Waals surface area (Å²) in [4.78, 5) is 13.1. The molecule has 0 aliphatic heterocycles. The number of carbonyl (C=O) groups is 1. The van der Waals surface area contributed by atoms with Gasteiger partial charge in [-0.05, 0) is 36.5 Å². The maximum Gasteiger partial charge on any atom is 0.199 e. The molecule has 2 aromatic rings. The summed E-state index contributed by atoms with van der Waals surface area (Å²) in [6, 6.07) is 15.3. The lowest BCUT2D eigenvalue weighted by Gasteiger charge is -2.19. The van der Waals surface area contributed by atoms with Gasteiger partial charge in [0, 0.05) is 7.11 Å². The average Bonchev–Trinajstić information content (AvgIpc) is 2.57. The Bertz CT molecular complexity index is 662. The van der Waals surface area contributed by atoms with Gasteiger partial charge in [-0.1, -0.05) is 56.3 Å². The SMILES string of the molecule is CCOc1c(CC(C)C)cccc1C(=O)C(OC)c1ccccc1. The van der Waals surface area contributed by atoms with Crippen molar-refractivity contribution in [2.24, 2.45) is 5.92 Å². The van der Waals surface area contributed by atoms with Gasteiger partial charge >= 0.3 is 0 Å². The van der Waals surface area contributed by atoms with Crippen molar-refractivity contribution < 1.29 is 14.3 Å². The van der Waals surface area contributed by atoms with Gasteiger partial charge < -0.3 is 9.47 Å². The summed E-state index contributed by atoms with van der Waals surface area (Å²) in [6.45, 7) is 6.78. The summed E-state index contributed by atoms with van der Waals surface area (Å²) in [6.07, 6.45) is 0.249. The Labute approximate surface area is 144 Å². The van der Waals surface area contributed by atoms with Crippen molar-refractivity contribution in [3.05, 3.63) is 65.2 Å². The van der Waals surface area contributed by atoms with Gasteiger partial charge in [-0.2, -0.15) is 0 Å². The van der Waals surface area contributed by atoms with Crippen LogP contribution in [0.25, 0.3) is 0 Å². The van der Waals surface area contributed by atoms with Gasteiger partial charge in [0.05, 0.1) is 12.2 Å². The summed E-state index contributed by atoms with van der Waals surface area (Å²) < 4.78 is 11.3. The predicted octanol–water partition coefficient (Wildman–Crippen LogP) is 4.85. The fourth-order valence-electron chi connectivity index (χ4n) is 2.86. The lowest BCUT2D eigenvalue weighted by Crippen LogP contribution is -2.17. The minimum atomic E-state index is -0.625. The third-order valence-corrected chi connectivity index (χ3v) is 3.86. The highest BCUT2D eigenvalue weighted by Gasteiger charge is 2.25. The van der Waals surface area contributed by atoms with Crippen molar-refractivity contribution in [1.82, 2.24) is 0 Å². The molecule has 3 nitrogen and oxygen atoms in total. The highest BCUT2D eigenvalue weighted by Crippen LogP contribution is 2.31. The van der Waals surface area contributed by atoms with E-state index in [0.717, 1.165) is 17.5 Å². The van der Waals surface area contributed by atoms with Gasteiger partial charge in [0.25, 0.3) is 0 Å². The zero-order valence-corrected chi connectivity index (χ0v) is 14.9. The Morgan fingerprint density at radius 2 is 1.75 bits per heavy atom. The van der Waals surface area contributed by atoms with Crippen molar-refractivity contribution in [1.29, 1.82) is 0 Å². The molecule has 2 aromatic carbocycles. The zero-order valence-electron chi connectivity index (χ0n) is 14.9. The predicted molar refractivity (Wildman–Crippen MR) is 96.7 cm³/mol. The number of rotatable bonds is 8. The van der Waals surface area contributed by atoms with Gasteiger partial charge in [0.2, 0.25) is 0 Å². The molecule has 0 N–H and O–H groups in total. The number of hydrogen-bond donors (Lipinski definition) is 0. The van der Waals surface area contributed by atoms with E-state index in [9.17, 15) is 4.79 Å². The molecular weight excluding hydrogens is 300 g/mol. The molecule has 0 spiro atoms. The number of Topliss-reactive ketones (excluding diaryl/α,β-unsaturated/α-hetero) is 1. The molecule has 0 fully saturated rings. The number of benzene rings is 2. The first-order chi connectivity index (χ1) is 11.6. The monoisotopic (exact) mass is 326 g/mol. The molecule has 24 heavy (non-hydrogen) atoms. The number of para-hydroxylation sites is 1. The Balaban J connectivity index is 2.43. The van der Waals surface area contributed by atoms with Crippen molar-refractivity contribution in [3.63, 3.8) is 0 Å². The molecule has 0 saturated heterocycles. The molecule has 128 valence electrons. The molecule has 0 radical (unpaired) electrons. The van der Waals surface area contributed by atoms with Crippen LogP contribution in [0.3, 0.4) is 0 Å². The van der Waals surface area contributed by atoms with Crippen LogP contribution in [0.2, 0.25) is 0 Å². The summed E-state index contributed by atoms with van der Waals surface area (Å²) in [5.74, 6) is 1.11. The van der Waals surface area contributed by atoms with Crippen LogP contribution in [0.5, 0.6) is 5.75 Å². The minimum Gasteiger partial charge on any atom is -0.493 e. The van der Waals surface area contributed by atoms with E-state index >= 15 is 0 Å². The molecular formula is C21H26O3. The first kappa shape index (κ1) is 18.2. The van der Waals surface area contributed by atoms with Crippen molar-refractivity contribution in [2.75, 3.05) is 13.7 Å². The van der Waals surface area contributed by atoms with Crippen molar-refractivity contribution in [2.45, 2.75) is 33.3 Å². The summed E-state index contributed by atoms with van der Waals surface area (Å²) in [5, 5.41) is 0.